The maximum Gasteiger partial charge on any atom is 0.317 e. The van der Waals surface area contributed by atoms with E-state index in [2.05, 4.69) is 10.4 Å². The van der Waals surface area contributed by atoms with Gasteiger partial charge in [0, 0.05) is 31.2 Å². The van der Waals surface area contributed by atoms with Gasteiger partial charge in [-0.05, 0) is 42.9 Å². The average molecular weight is 380 g/mol. The highest BCUT2D eigenvalue weighted by atomic mass is 16.4. The van der Waals surface area contributed by atoms with E-state index in [1.807, 2.05) is 47.4 Å². The van der Waals surface area contributed by atoms with Gasteiger partial charge in [0.05, 0.1) is 17.3 Å². The zero-order chi connectivity index (χ0) is 19.3. The Hall–Kier alpha value is -2.83. The second kappa shape index (κ2) is 6.36. The van der Waals surface area contributed by atoms with Crippen molar-refractivity contribution in [3.63, 3.8) is 0 Å². The molecule has 0 spiro atoms. The molecule has 1 aliphatic heterocycles. The third kappa shape index (κ3) is 2.77. The molecule has 2 aromatic rings. The number of carbonyl (C=O) groups is 2. The first-order chi connectivity index (χ1) is 13.6. The number of carboxylic acid groups (broad SMARTS) is 1. The van der Waals surface area contributed by atoms with Crippen LogP contribution in [0.5, 0.6) is 0 Å². The molecule has 1 aromatic heterocycles. The van der Waals surface area contributed by atoms with Crippen LogP contribution >= 0.6 is 0 Å². The number of aliphatic carboxylic acids is 1. The van der Waals surface area contributed by atoms with Crippen LogP contribution in [0.1, 0.15) is 37.2 Å². The van der Waals surface area contributed by atoms with Gasteiger partial charge in [-0.1, -0.05) is 24.6 Å². The van der Waals surface area contributed by atoms with E-state index in [0.717, 1.165) is 30.5 Å². The number of para-hydroxylation sites is 1. The molecule has 2 aliphatic carbocycles. The van der Waals surface area contributed by atoms with Gasteiger partial charge in [0.2, 0.25) is 0 Å². The zero-order valence-electron chi connectivity index (χ0n) is 15.6. The number of fused-ring (bicyclic) bond motifs is 1. The van der Waals surface area contributed by atoms with Crippen LogP contribution in [0.2, 0.25) is 0 Å². The van der Waals surface area contributed by atoms with Crippen LogP contribution < -0.4 is 5.32 Å². The fourth-order valence-corrected chi connectivity index (χ4v) is 5.02. The Kier molecular flexibility index (Phi) is 3.92. The zero-order valence-corrected chi connectivity index (χ0v) is 15.6. The van der Waals surface area contributed by atoms with E-state index in [4.69, 9.17) is 0 Å². The maximum atomic E-state index is 12.7. The molecule has 3 fully saturated rings. The van der Waals surface area contributed by atoms with E-state index in [-0.39, 0.29) is 23.9 Å². The quantitative estimate of drug-likeness (QED) is 0.854. The van der Waals surface area contributed by atoms with Crippen LogP contribution in [0.4, 0.5) is 4.79 Å². The van der Waals surface area contributed by atoms with Crippen molar-refractivity contribution in [1.82, 2.24) is 20.0 Å². The third-order valence-corrected chi connectivity index (χ3v) is 6.73. The fraction of sp³-hybridized carbons (Fsp3) is 0.476. The number of hydrogen-bond acceptors (Lipinski definition) is 3. The molecule has 1 aromatic carbocycles. The molecular weight excluding hydrogens is 356 g/mol. The minimum atomic E-state index is -0.747. The lowest BCUT2D eigenvalue weighted by Crippen LogP contribution is -2.42. The smallest absolute Gasteiger partial charge is 0.317 e. The Balaban J connectivity index is 1.21. The second-order valence-electron chi connectivity index (χ2n) is 8.38. The van der Waals surface area contributed by atoms with Gasteiger partial charge in [0.15, 0.2) is 0 Å². The molecular formula is C21H24N4O3. The Morgan fingerprint density at radius 2 is 2.07 bits per heavy atom. The van der Waals surface area contributed by atoms with Gasteiger partial charge in [0.1, 0.15) is 0 Å². The number of amides is 2. The number of likely N-dealkylation sites (tertiary alicyclic amines) is 1. The fourth-order valence-electron chi connectivity index (χ4n) is 5.02. The lowest BCUT2D eigenvalue weighted by atomic mass is 9.81. The van der Waals surface area contributed by atoms with Crippen molar-refractivity contribution in [2.75, 3.05) is 13.1 Å². The van der Waals surface area contributed by atoms with Gasteiger partial charge >= 0.3 is 12.0 Å². The molecule has 1 saturated heterocycles. The number of carbonyl (C=O) groups excluding carboxylic acids is 1. The van der Waals surface area contributed by atoms with Crippen LogP contribution in [0.3, 0.4) is 0 Å². The first-order valence-corrected chi connectivity index (χ1v) is 9.96. The topological polar surface area (TPSA) is 87.5 Å². The summed E-state index contributed by atoms with van der Waals surface area (Å²) in [6.45, 7) is 0.892. The standard InChI is InChI=1S/C21H24N4O3/c26-19(27)21-8-4-5-15(21)12-24(13-21)20(28)23-18-9-17(18)14-10-22-25(11-14)16-6-2-1-3-7-16/h1-3,6-7,10-11,15,17-18H,4-5,8-9,12-13H2,(H,23,28)(H,26,27)/t15-,17-,18+,21+/m0/s1. The van der Waals surface area contributed by atoms with E-state index in [0.29, 0.717) is 19.5 Å². The molecule has 7 heteroatoms. The van der Waals surface area contributed by atoms with Crippen molar-refractivity contribution >= 4 is 12.0 Å². The molecule has 5 rings (SSSR count). The number of benzene rings is 1. The second-order valence-corrected chi connectivity index (χ2v) is 8.38. The Morgan fingerprint density at radius 1 is 1.25 bits per heavy atom. The van der Waals surface area contributed by atoms with E-state index in [1.54, 1.807) is 4.90 Å². The molecule has 0 unspecified atom stereocenters. The summed E-state index contributed by atoms with van der Waals surface area (Å²) in [5, 5.41) is 17.2. The maximum absolute atomic E-state index is 12.7. The average Bonchev–Trinajstić information content (AvgIpc) is 3.07. The molecule has 0 bridgehead atoms. The minimum Gasteiger partial charge on any atom is -0.481 e. The summed E-state index contributed by atoms with van der Waals surface area (Å²) in [5.41, 5.74) is 1.41. The lowest BCUT2D eigenvalue weighted by Gasteiger charge is -2.23. The SMILES string of the molecule is O=C(N[C@@H]1C[C@H]1c1cnn(-c2ccccc2)c1)N1C[C@@H]2CCC[C@@]2(C(=O)O)C1. The van der Waals surface area contributed by atoms with Crippen molar-refractivity contribution in [2.45, 2.75) is 37.6 Å². The monoisotopic (exact) mass is 380 g/mol. The number of aromatic nitrogens is 2. The lowest BCUT2D eigenvalue weighted by molar-refractivity contribution is -0.149. The van der Waals surface area contributed by atoms with Crippen molar-refractivity contribution in [3.05, 3.63) is 48.3 Å². The summed E-state index contributed by atoms with van der Waals surface area (Å²) >= 11 is 0. The molecule has 2 N–H and O–H groups in total. The number of rotatable bonds is 4. The number of nitrogens with zero attached hydrogens (tertiary/aromatic N) is 3. The molecule has 7 nitrogen and oxygen atoms in total. The molecule has 3 aliphatic rings. The van der Waals surface area contributed by atoms with Crippen molar-refractivity contribution in [2.24, 2.45) is 11.3 Å². The Bertz CT molecular complexity index is 911. The minimum absolute atomic E-state index is 0.0925. The largest absolute Gasteiger partial charge is 0.481 e. The van der Waals surface area contributed by atoms with Crippen LogP contribution in [-0.2, 0) is 4.79 Å². The summed E-state index contributed by atoms with van der Waals surface area (Å²) in [4.78, 5) is 26.2. The summed E-state index contributed by atoms with van der Waals surface area (Å²) in [7, 11) is 0. The number of urea groups is 1. The normalized spacial score (nSPS) is 30.9. The molecule has 4 atom stereocenters. The van der Waals surface area contributed by atoms with Crippen molar-refractivity contribution in [1.29, 1.82) is 0 Å². The highest BCUT2D eigenvalue weighted by Crippen LogP contribution is 2.49. The van der Waals surface area contributed by atoms with Crippen LogP contribution in [0, 0.1) is 11.3 Å². The van der Waals surface area contributed by atoms with Crippen molar-refractivity contribution < 1.29 is 14.7 Å². The van der Waals surface area contributed by atoms with E-state index >= 15 is 0 Å². The number of nitrogens with one attached hydrogen (secondary N) is 1. The highest BCUT2D eigenvalue weighted by Gasteiger charge is 2.56. The van der Waals surface area contributed by atoms with Gasteiger partial charge in [-0.25, -0.2) is 9.48 Å². The van der Waals surface area contributed by atoms with Gasteiger partial charge in [0.25, 0.3) is 0 Å². The number of carboxylic acids is 1. The summed E-state index contributed by atoms with van der Waals surface area (Å²) < 4.78 is 1.85. The van der Waals surface area contributed by atoms with Crippen LogP contribution in [-0.4, -0.2) is 50.9 Å². The van der Waals surface area contributed by atoms with E-state index in [9.17, 15) is 14.7 Å². The Morgan fingerprint density at radius 3 is 2.82 bits per heavy atom. The van der Waals surface area contributed by atoms with E-state index in [1.165, 1.54) is 0 Å². The first kappa shape index (κ1) is 17.3. The molecule has 2 amide bonds. The number of hydrogen-bond donors (Lipinski definition) is 2. The summed E-state index contributed by atoms with van der Waals surface area (Å²) in [5.74, 6) is -0.380. The predicted molar refractivity (Wildman–Crippen MR) is 102 cm³/mol. The van der Waals surface area contributed by atoms with E-state index < -0.39 is 11.4 Å². The van der Waals surface area contributed by atoms with Crippen LogP contribution in [0.15, 0.2) is 42.7 Å². The van der Waals surface area contributed by atoms with Gasteiger partial charge in [-0.2, -0.15) is 5.10 Å². The molecule has 2 heterocycles. The molecule has 146 valence electrons. The van der Waals surface area contributed by atoms with Gasteiger partial charge < -0.3 is 15.3 Å². The molecule has 0 radical (unpaired) electrons. The Labute approximate surface area is 163 Å². The highest BCUT2D eigenvalue weighted by molar-refractivity contribution is 5.81. The van der Waals surface area contributed by atoms with Gasteiger partial charge in [-0.15, -0.1) is 0 Å². The van der Waals surface area contributed by atoms with Crippen LogP contribution in [0.25, 0.3) is 5.69 Å². The van der Waals surface area contributed by atoms with Gasteiger partial charge in [-0.3, -0.25) is 4.79 Å². The summed E-state index contributed by atoms with van der Waals surface area (Å²) in [6.07, 6.45) is 7.31. The van der Waals surface area contributed by atoms with Crippen molar-refractivity contribution in [3.8, 4) is 5.69 Å². The summed E-state index contributed by atoms with van der Waals surface area (Å²) in [6, 6.07) is 9.91. The predicted octanol–water partition coefficient (Wildman–Crippen LogP) is 2.62. The molecule has 2 saturated carbocycles. The first-order valence-electron chi connectivity index (χ1n) is 9.96. The third-order valence-electron chi connectivity index (χ3n) is 6.73. The molecule has 28 heavy (non-hydrogen) atoms.